The van der Waals surface area contributed by atoms with Gasteiger partial charge < -0.3 is 15.0 Å². The second kappa shape index (κ2) is 8.95. The third-order valence-corrected chi connectivity index (χ3v) is 2.35. The molecule has 2 atom stereocenters. The lowest BCUT2D eigenvalue weighted by atomic mass is 10.1. The number of hydrogen-bond donors (Lipinski definition) is 1. The van der Waals surface area contributed by atoms with E-state index in [0.29, 0.717) is 13.2 Å². The molecule has 0 bridgehead atoms. The monoisotopic (exact) mass is 238 g/mol. The number of nitrogens with zero attached hydrogens (tertiary/aromatic N) is 1. The second-order valence-corrected chi connectivity index (χ2v) is 3.71. The van der Waals surface area contributed by atoms with Crippen LogP contribution in [-0.4, -0.2) is 51.2 Å². The third kappa shape index (κ3) is 5.97. The van der Waals surface area contributed by atoms with Crippen LogP contribution in [0.25, 0.3) is 0 Å². The average molecular weight is 239 g/mol. The molecule has 5 heteroatoms. The predicted octanol–water partition coefficient (Wildman–Crippen LogP) is 0.757. The Balaban J connectivity index is 0. The highest BCUT2D eigenvalue weighted by molar-refractivity contribution is 5.85. The maximum Gasteiger partial charge on any atom is 0.226 e. The summed E-state index contributed by atoms with van der Waals surface area (Å²) in [5, 5.41) is 3.00. The molecule has 1 N–H and O–H groups in total. The SMILES string of the molecule is CNCC(C)C(=O)N(C)C(C)COC.Cl. The molecule has 92 valence electrons. The molecule has 0 aromatic heterocycles. The summed E-state index contributed by atoms with van der Waals surface area (Å²) in [6.07, 6.45) is 0. The fraction of sp³-hybridized carbons (Fsp3) is 0.900. The molecule has 0 spiro atoms. The van der Waals surface area contributed by atoms with Crippen molar-refractivity contribution in [3.8, 4) is 0 Å². The van der Waals surface area contributed by atoms with Crippen molar-refractivity contribution in [3.63, 3.8) is 0 Å². The maximum absolute atomic E-state index is 11.8. The number of carbonyl (C=O) groups is 1. The molecule has 0 aliphatic rings. The van der Waals surface area contributed by atoms with Gasteiger partial charge in [-0.1, -0.05) is 6.92 Å². The molecule has 0 aromatic rings. The van der Waals surface area contributed by atoms with Gasteiger partial charge in [0, 0.05) is 26.6 Å². The van der Waals surface area contributed by atoms with Crippen LogP contribution in [0, 0.1) is 5.92 Å². The molecule has 0 rings (SSSR count). The molecule has 0 saturated heterocycles. The quantitative estimate of drug-likeness (QED) is 0.743. The third-order valence-electron chi connectivity index (χ3n) is 2.35. The Bertz CT molecular complexity index is 179. The molecular weight excluding hydrogens is 216 g/mol. The van der Waals surface area contributed by atoms with Crippen molar-refractivity contribution in [3.05, 3.63) is 0 Å². The zero-order chi connectivity index (χ0) is 11.1. The molecule has 0 radical (unpaired) electrons. The Labute approximate surface area is 98.8 Å². The number of carbonyl (C=O) groups excluding carboxylic acids is 1. The first-order valence-electron chi connectivity index (χ1n) is 4.94. The summed E-state index contributed by atoms with van der Waals surface area (Å²) in [5.74, 6) is 0.174. The molecule has 0 aliphatic carbocycles. The van der Waals surface area contributed by atoms with Crippen LogP contribution in [0.5, 0.6) is 0 Å². The van der Waals surface area contributed by atoms with E-state index in [4.69, 9.17) is 4.74 Å². The van der Waals surface area contributed by atoms with Crippen LogP contribution in [0.2, 0.25) is 0 Å². The van der Waals surface area contributed by atoms with Crippen molar-refractivity contribution >= 4 is 18.3 Å². The van der Waals surface area contributed by atoms with Gasteiger partial charge in [0.2, 0.25) is 5.91 Å². The van der Waals surface area contributed by atoms with Crippen molar-refractivity contribution in [1.82, 2.24) is 10.2 Å². The van der Waals surface area contributed by atoms with Gasteiger partial charge in [0.1, 0.15) is 0 Å². The van der Waals surface area contributed by atoms with E-state index < -0.39 is 0 Å². The normalized spacial score (nSPS) is 13.9. The largest absolute Gasteiger partial charge is 0.383 e. The smallest absolute Gasteiger partial charge is 0.226 e. The van der Waals surface area contributed by atoms with Crippen LogP contribution < -0.4 is 5.32 Å². The summed E-state index contributed by atoms with van der Waals surface area (Å²) in [5.41, 5.74) is 0. The van der Waals surface area contributed by atoms with Gasteiger partial charge in [-0.15, -0.1) is 12.4 Å². The van der Waals surface area contributed by atoms with Crippen molar-refractivity contribution in [2.24, 2.45) is 5.92 Å². The predicted molar refractivity (Wildman–Crippen MR) is 64.4 cm³/mol. The minimum atomic E-state index is 0. The number of rotatable bonds is 6. The Morgan fingerprint density at radius 2 is 2.00 bits per heavy atom. The van der Waals surface area contributed by atoms with Gasteiger partial charge in [0.05, 0.1) is 12.6 Å². The van der Waals surface area contributed by atoms with E-state index in [-0.39, 0.29) is 30.3 Å². The van der Waals surface area contributed by atoms with Crippen molar-refractivity contribution in [1.29, 1.82) is 0 Å². The molecule has 4 nitrogen and oxygen atoms in total. The Morgan fingerprint density at radius 3 is 2.40 bits per heavy atom. The van der Waals surface area contributed by atoms with Crippen molar-refractivity contribution < 1.29 is 9.53 Å². The molecule has 0 fully saturated rings. The van der Waals surface area contributed by atoms with E-state index in [1.807, 2.05) is 27.9 Å². The zero-order valence-corrected chi connectivity index (χ0v) is 11.1. The topological polar surface area (TPSA) is 41.6 Å². The van der Waals surface area contributed by atoms with E-state index in [1.54, 1.807) is 12.0 Å². The molecule has 1 amide bonds. The summed E-state index contributed by atoms with van der Waals surface area (Å²) in [6.45, 7) is 5.19. The first kappa shape index (κ1) is 17.1. The summed E-state index contributed by atoms with van der Waals surface area (Å²) in [6, 6.07) is 0.131. The molecule has 0 saturated carbocycles. The molecular formula is C10H23ClN2O2. The summed E-state index contributed by atoms with van der Waals surface area (Å²) >= 11 is 0. The molecule has 2 unspecified atom stereocenters. The van der Waals surface area contributed by atoms with E-state index >= 15 is 0 Å². The highest BCUT2D eigenvalue weighted by Gasteiger charge is 2.20. The number of halogens is 1. The van der Waals surface area contributed by atoms with E-state index in [0.717, 1.165) is 0 Å². The molecule has 0 aliphatic heterocycles. The lowest BCUT2D eigenvalue weighted by Crippen LogP contribution is -2.42. The average Bonchev–Trinajstić information content (AvgIpc) is 2.16. The van der Waals surface area contributed by atoms with Crippen LogP contribution in [0.1, 0.15) is 13.8 Å². The van der Waals surface area contributed by atoms with Gasteiger partial charge in [-0.3, -0.25) is 4.79 Å². The second-order valence-electron chi connectivity index (χ2n) is 3.71. The van der Waals surface area contributed by atoms with Crippen molar-refractivity contribution in [2.45, 2.75) is 19.9 Å². The maximum atomic E-state index is 11.8. The fourth-order valence-electron chi connectivity index (χ4n) is 1.31. The van der Waals surface area contributed by atoms with Gasteiger partial charge in [0.15, 0.2) is 0 Å². The number of likely N-dealkylation sites (N-methyl/N-ethyl adjacent to an activating group) is 1. The number of ether oxygens (including phenoxy) is 1. The zero-order valence-electron chi connectivity index (χ0n) is 10.2. The van der Waals surface area contributed by atoms with Crippen molar-refractivity contribution in [2.75, 3.05) is 34.4 Å². The molecule has 15 heavy (non-hydrogen) atoms. The first-order valence-corrected chi connectivity index (χ1v) is 4.94. The van der Waals surface area contributed by atoms with Gasteiger partial charge in [-0.25, -0.2) is 0 Å². The summed E-state index contributed by atoms with van der Waals surface area (Å²) in [7, 11) is 5.31. The van der Waals surface area contributed by atoms with Gasteiger partial charge >= 0.3 is 0 Å². The first-order chi connectivity index (χ1) is 6.54. The standard InChI is InChI=1S/C10H22N2O2.ClH/c1-8(6-11-3)10(13)12(4)9(2)7-14-5;/h8-9,11H,6-7H2,1-5H3;1H. The summed E-state index contributed by atoms with van der Waals surface area (Å²) in [4.78, 5) is 13.5. The van der Waals surface area contributed by atoms with Gasteiger partial charge in [-0.2, -0.15) is 0 Å². The number of methoxy groups -OCH3 is 1. The Kier molecular flexibility index (Phi) is 10.2. The number of hydrogen-bond acceptors (Lipinski definition) is 3. The van der Waals surface area contributed by atoms with E-state index in [9.17, 15) is 4.79 Å². The Morgan fingerprint density at radius 1 is 1.47 bits per heavy atom. The van der Waals surface area contributed by atoms with E-state index in [1.165, 1.54) is 0 Å². The number of amides is 1. The summed E-state index contributed by atoms with van der Waals surface area (Å²) < 4.78 is 5.01. The Hall–Kier alpha value is -0.320. The van der Waals surface area contributed by atoms with Crippen LogP contribution in [0.15, 0.2) is 0 Å². The van der Waals surface area contributed by atoms with Crippen LogP contribution >= 0.6 is 12.4 Å². The highest BCUT2D eigenvalue weighted by Crippen LogP contribution is 2.04. The van der Waals surface area contributed by atoms with Gasteiger partial charge in [-0.05, 0) is 14.0 Å². The van der Waals surface area contributed by atoms with Crippen LogP contribution in [0.4, 0.5) is 0 Å². The number of nitrogens with one attached hydrogen (secondary N) is 1. The van der Waals surface area contributed by atoms with Gasteiger partial charge in [0.25, 0.3) is 0 Å². The van der Waals surface area contributed by atoms with Crippen LogP contribution in [-0.2, 0) is 9.53 Å². The lowest BCUT2D eigenvalue weighted by Gasteiger charge is -2.27. The fourth-order valence-corrected chi connectivity index (χ4v) is 1.31. The molecule has 0 heterocycles. The van der Waals surface area contributed by atoms with Crippen LogP contribution in [0.3, 0.4) is 0 Å². The minimum Gasteiger partial charge on any atom is -0.383 e. The minimum absolute atomic E-state index is 0. The lowest BCUT2D eigenvalue weighted by molar-refractivity contribution is -0.136. The highest BCUT2D eigenvalue weighted by atomic mass is 35.5. The van der Waals surface area contributed by atoms with E-state index in [2.05, 4.69) is 5.32 Å². The molecule has 0 aromatic carbocycles.